The molecule has 0 N–H and O–H groups in total. The van der Waals surface area contributed by atoms with E-state index in [-0.39, 0.29) is 20.1 Å². The predicted octanol–water partition coefficient (Wildman–Crippen LogP) is 11.2. The summed E-state index contributed by atoms with van der Waals surface area (Å²) in [4.78, 5) is 9.17. The summed E-state index contributed by atoms with van der Waals surface area (Å²) >= 11 is -1.72. The maximum Gasteiger partial charge on any atom is 0 e. The van der Waals surface area contributed by atoms with Crippen molar-refractivity contribution < 1.29 is 24.5 Å². The number of fused-ring (bicyclic) bond motifs is 3. The molecule has 5 aromatic carbocycles. The van der Waals surface area contributed by atoms with E-state index in [4.69, 9.17) is 4.42 Å². The Bertz CT molecular complexity index is 2310. The van der Waals surface area contributed by atoms with Gasteiger partial charge in [-0.3, -0.25) is 0 Å². The fraction of sp³-hybridized carbons (Fsp3) is 0.0909. The van der Waals surface area contributed by atoms with Gasteiger partial charge in [0.25, 0.3) is 0 Å². The topological polar surface area (TPSA) is 38.9 Å². The molecule has 0 aliphatic rings. The Balaban J connectivity index is 0.000000208. The van der Waals surface area contributed by atoms with Crippen LogP contribution in [0.1, 0.15) is 5.56 Å². The van der Waals surface area contributed by atoms with Crippen LogP contribution in [-0.4, -0.2) is 23.2 Å². The molecule has 3 aromatic heterocycles. The molecule has 243 valence electrons. The van der Waals surface area contributed by atoms with Crippen LogP contribution >= 0.6 is 0 Å². The second-order valence-corrected chi connectivity index (χ2v) is 23.7. The molecule has 8 aromatic rings. The van der Waals surface area contributed by atoms with Gasteiger partial charge in [0.15, 0.2) is 0 Å². The quantitative estimate of drug-likeness (QED) is 0.128. The number of rotatable bonds is 5. The molecule has 1 radical (unpaired) electrons. The molecular weight excluding hydrogens is 837 g/mol. The molecule has 0 fully saturated rings. The van der Waals surface area contributed by atoms with Gasteiger partial charge in [-0.05, 0) is 47.0 Å². The second kappa shape index (κ2) is 14.9. The maximum absolute atomic E-state index is 6.40. The zero-order chi connectivity index (χ0) is 33.1. The minimum Gasteiger partial charge on any atom is 0 e. The monoisotopic (exact) mass is 875 g/mol. The van der Waals surface area contributed by atoms with Crippen molar-refractivity contribution in [3.05, 3.63) is 164 Å². The van der Waals surface area contributed by atoms with Crippen molar-refractivity contribution in [2.24, 2.45) is 0 Å². The molecule has 0 saturated carbocycles. The summed E-state index contributed by atoms with van der Waals surface area (Å²) in [7, 11) is 0. The Morgan fingerprint density at radius 2 is 1.33 bits per heavy atom. The standard InChI is InChI=1S/C30H20NO.C14H16GeN.Ir/c1-20-10-12-22(13-11-20)23-14-15-25-26-8-5-9-27(30(26)32-29(25)19-23)28-18-24(16-17-31-28)21-6-3-2-4-7-21;1-15(2,3)13-9-10-14(16-11-13)12-7-5-4-6-8-12;/h2-8,10-19H,1H3;4-7,9-11H,1-3H3;/q2*-1;. The van der Waals surface area contributed by atoms with Gasteiger partial charge in [-0.2, -0.15) is 0 Å². The number of benzene rings is 5. The summed E-state index contributed by atoms with van der Waals surface area (Å²) in [6.45, 7) is 2.10. The molecular formula is C44H36GeIrN2O-2. The molecule has 0 atom stereocenters. The fourth-order valence-corrected chi connectivity index (χ4v) is 7.96. The van der Waals surface area contributed by atoms with E-state index in [0.717, 1.165) is 61.1 Å². The van der Waals surface area contributed by atoms with Crippen molar-refractivity contribution in [3.63, 3.8) is 0 Å². The summed E-state index contributed by atoms with van der Waals surface area (Å²) in [5.41, 5.74) is 11.4. The summed E-state index contributed by atoms with van der Waals surface area (Å²) < 4.78 is 7.84. The molecule has 3 heterocycles. The Morgan fingerprint density at radius 3 is 2.04 bits per heavy atom. The van der Waals surface area contributed by atoms with Crippen molar-refractivity contribution in [1.29, 1.82) is 0 Å². The number of aryl methyl sites for hydroxylation is 1. The van der Waals surface area contributed by atoms with Crippen molar-refractivity contribution >= 4 is 39.6 Å². The molecule has 0 aliphatic carbocycles. The van der Waals surface area contributed by atoms with Crippen LogP contribution in [0.2, 0.25) is 17.3 Å². The average Bonchev–Trinajstić information content (AvgIpc) is 3.51. The summed E-state index contributed by atoms with van der Waals surface area (Å²) in [6, 6.07) is 52.4. The Labute approximate surface area is 304 Å². The third kappa shape index (κ3) is 7.68. The molecule has 0 saturated heterocycles. The molecule has 0 amide bonds. The fourth-order valence-electron chi connectivity index (χ4n) is 5.78. The van der Waals surface area contributed by atoms with Gasteiger partial charge in [-0.1, -0.05) is 89.3 Å². The molecule has 0 spiro atoms. The Hall–Kier alpha value is -4.61. The van der Waals surface area contributed by atoms with E-state index in [0.29, 0.717) is 0 Å². The smallest absolute Gasteiger partial charge is 0 e. The van der Waals surface area contributed by atoms with Crippen LogP contribution in [0.15, 0.2) is 150 Å². The minimum absolute atomic E-state index is 0. The first kappa shape index (κ1) is 34.3. The molecule has 3 nitrogen and oxygen atoms in total. The van der Waals surface area contributed by atoms with E-state index in [1.807, 2.05) is 67.0 Å². The molecule has 5 heteroatoms. The Kier molecular flexibility index (Phi) is 10.4. The van der Waals surface area contributed by atoms with Gasteiger partial charge in [-0.25, -0.2) is 0 Å². The van der Waals surface area contributed by atoms with Crippen LogP contribution in [-0.2, 0) is 20.1 Å². The van der Waals surface area contributed by atoms with E-state index in [1.165, 1.54) is 15.5 Å². The average molecular weight is 874 g/mol. The van der Waals surface area contributed by atoms with Crippen molar-refractivity contribution in [2.45, 2.75) is 24.2 Å². The molecule has 0 unspecified atom stereocenters. The molecule has 0 aliphatic heterocycles. The van der Waals surface area contributed by atoms with Crippen LogP contribution in [0.3, 0.4) is 0 Å². The van der Waals surface area contributed by atoms with Crippen LogP contribution < -0.4 is 4.40 Å². The summed E-state index contributed by atoms with van der Waals surface area (Å²) in [5, 5.41) is 2.18. The van der Waals surface area contributed by atoms with Crippen LogP contribution in [0.4, 0.5) is 0 Å². The molecule has 8 rings (SSSR count). The van der Waals surface area contributed by atoms with E-state index in [9.17, 15) is 0 Å². The van der Waals surface area contributed by atoms with Crippen molar-refractivity contribution in [1.82, 2.24) is 9.97 Å². The first-order valence-corrected chi connectivity index (χ1v) is 23.6. The van der Waals surface area contributed by atoms with Gasteiger partial charge in [0.1, 0.15) is 5.58 Å². The number of pyridine rings is 2. The number of furan rings is 1. The number of aromatic nitrogens is 2. The van der Waals surface area contributed by atoms with Gasteiger partial charge in [0.05, 0.1) is 5.58 Å². The van der Waals surface area contributed by atoms with Crippen molar-refractivity contribution in [3.8, 4) is 44.8 Å². The second-order valence-electron chi connectivity index (χ2n) is 13.0. The predicted molar refractivity (Wildman–Crippen MR) is 203 cm³/mol. The van der Waals surface area contributed by atoms with Crippen LogP contribution in [0.5, 0.6) is 0 Å². The maximum atomic E-state index is 6.40. The third-order valence-corrected chi connectivity index (χ3v) is 12.8. The first-order valence-electron chi connectivity index (χ1n) is 16.2. The SMILES string of the molecule is Cc1ccc(-c2ccc3c(c2)oc2c(-c4cc(-c5ccccc5)ccn4)[c-]ccc23)cc1.[CH3][Ge]([CH3])([CH3])[c]1ccc(-c2[c-]cccc2)nc1.[Ir]. The largest absolute Gasteiger partial charge is 0 e. The first-order chi connectivity index (χ1) is 23.3. The molecule has 49 heavy (non-hydrogen) atoms. The normalized spacial score (nSPS) is 11.1. The minimum atomic E-state index is -1.72. The summed E-state index contributed by atoms with van der Waals surface area (Å²) in [5.74, 6) is 7.14. The number of nitrogens with zero attached hydrogens (tertiary/aromatic N) is 2. The van der Waals surface area contributed by atoms with E-state index in [2.05, 4.69) is 125 Å². The van der Waals surface area contributed by atoms with Crippen LogP contribution in [0.25, 0.3) is 66.7 Å². The Morgan fingerprint density at radius 1 is 0.592 bits per heavy atom. The zero-order valence-corrected chi connectivity index (χ0v) is 32.5. The van der Waals surface area contributed by atoms with Gasteiger partial charge >= 0.3 is 99.8 Å². The van der Waals surface area contributed by atoms with E-state index < -0.39 is 13.3 Å². The van der Waals surface area contributed by atoms with Gasteiger partial charge in [0, 0.05) is 31.7 Å². The number of hydrogen-bond acceptors (Lipinski definition) is 3. The summed E-state index contributed by atoms with van der Waals surface area (Å²) in [6.07, 6.45) is 3.89. The third-order valence-electron chi connectivity index (χ3n) is 8.56. The van der Waals surface area contributed by atoms with Gasteiger partial charge < -0.3 is 9.40 Å². The molecule has 0 bridgehead atoms. The van der Waals surface area contributed by atoms with Gasteiger partial charge in [-0.15, -0.1) is 18.2 Å². The zero-order valence-electron chi connectivity index (χ0n) is 28.0. The van der Waals surface area contributed by atoms with E-state index >= 15 is 0 Å². The number of hydrogen-bond donors (Lipinski definition) is 0. The van der Waals surface area contributed by atoms with Gasteiger partial charge in [0.2, 0.25) is 0 Å². The van der Waals surface area contributed by atoms with E-state index in [1.54, 1.807) is 0 Å². The van der Waals surface area contributed by atoms with Crippen LogP contribution in [0, 0.1) is 19.1 Å². The van der Waals surface area contributed by atoms with Crippen molar-refractivity contribution in [2.75, 3.05) is 0 Å².